The fourth-order valence-corrected chi connectivity index (χ4v) is 5.66. The summed E-state index contributed by atoms with van der Waals surface area (Å²) in [6.07, 6.45) is 5.94. The van der Waals surface area contributed by atoms with E-state index >= 15 is 0 Å². The lowest BCUT2D eigenvalue weighted by Gasteiger charge is -2.41. The maximum Gasteiger partial charge on any atom is 0.322 e. The Morgan fingerprint density at radius 3 is 3.06 bits per heavy atom. The molecule has 0 saturated carbocycles. The van der Waals surface area contributed by atoms with Crippen molar-refractivity contribution in [2.24, 2.45) is 7.05 Å². The largest absolute Gasteiger partial charge is 0.322 e. The van der Waals surface area contributed by atoms with E-state index in [4.69, 9.17) is 0 Å². The Morgan fingerprint density at radius 1 is 1.31 bits per heavy atom. The van der Waals surface area contributed by atoms with Crippen LogP contribution in [0.4, 0.5) is 10.5 Å². The molecule has 6 rings (SSSR count). The molecule has 2 aliphatic heterocycles. The summed E-state index contributed by atoms with van der Waals surface area (Å²) in [7, 11) is 1.90. The number of H-pyrrole nitrogens is 1. The zero-order valence-corrected chi connectivity index (χ0v) is 18.7. The van der Waals surface area contributed by atoms with Crippen molar-refractivity contribution in [2.75, 3.05) is 18.4 Å². The molecule has 32 heavy (non-hydrogen) atoms. The first-order valence-electron chi connectivity index (χ1n) is 11.0. The molecule has 2 aliphatic rings. The molecule has 2 amide bonds. The molecule has 0 aliphatic carbocycles. The van der Waals surface area contributed by atoms with Crippen LogP contribution in [0.1, 0.15) is 23.3 Å². The first kappa shape index (κ1) is 19.5. The number of aromatic nitrogens is 4. The van der Waals surface area contributed by atoms with Crippen molar-refractivity contribution in [3.8, 4) is 11.3 Å². The highest BCUT2D eigenvalue weighted by molar-refractivity contribution is 7.09. The third-order valence-electron chi connectivity index (χ3n) is 6.49. The monoisotopic (exact) mass is 447 g/mol. The molecule has 2 N–H and O–H groups in total. The maximum atomic E-state index is 13.0. The molecule has 0 bridgehead atoms. The Morgan fingerprint density at radius 2 is 2.25 bits per heavy atom. The number of benzene rings is 1. The van der Waals surface area contributed by atoms with E-state index < -0.39 is 0 Å². The van der Waals surface area contributed by atoms with Crippen molar-refractivity contribution in [3.63, 3.8) is 0 Å². The molecule has 164 valence electrons. The zero-order valence-electron chi connectivity index (χ0n) is 17.9. The van der Waals surface area contributed by atoms with Crippen molar-refractivity contribution in [1.82, 2.24) is 29.8 Å². The summed E-state index contributed by atoms with van der Waals surface area (Å²) in [4.78, 5) is 18.9. The summed E-state index contributed by atoms with van der Waals surface area (Å²) < 4.78 is 1.78. The van der Waals surface area contributed by atoms with Crippen LogP contribution in [0.5, 0.6) is 0 Å². The number of carbonyl (C=O) groups excluding carboxylic acids is 1. The number of nitrogens with zero attached hydrogens (tertiary/aromatic N) is 5. The summed E-state index contributed by atoms with van der Waals surface area (Å²) in [5, 5.41) is 18.2. The molecular formula is C23H25N7OS. The van der Waals surface area contributed by atoms with Crippen LogP contribution in [-0.4, -0.2) is 54.9 Å². The van der Waals surface area contributed by atoms with E-state index in [0.717, 1.165) is 65.9 Å². The number of thiophene rings is 1. The molecule has 1 fully saturated rings. The van der Waals surface area contributed by atoms with Gasteiger partial charge in [-0.25, -0.2) is 4.79 Å². The van der Waals surface area contributed by atoms with Gasteiger partial charge >= 0.3 is 6.03 Å². The van der Waals surface area contributed by atoms with E-state index in [1.54, 1.807) is 16.0 Å². The van der Waals surface area contributed by atoms with Crippen LogP contribution in [-0.2, 0) is 20.1 Å². The number of aromatic amines is 1. The number of urea groups is 1. The molecular weight excluding hydrogens is 422 g/mol. The number of carbonyl (C=O) groups is 1. The van der Waals surface area contributed by atoms with Gasteiger partial charge in [0.1, 0.15) is 5.69 Å². The van der Waals surface area contributed by atoms with E-state index in [-0.39, 0.29) is 12.1 Å². The fraction of sp³-hybridized carbons (Fsp3) is 0.348. The fourth-order valence-electron chi connectivity index (χ4n) is 4.91. The number of fused-ring (bicyclic) bond motifs is 2. The number of aryl methyl sites for hydroxylation is 1. The first-order chi connectivity index (χ1) is 15.6. The van der Waals surface area contributed by atoms with Crippen LogP contribution in [0, 0.1) is 0 Å². The van der Waals surface area contributed by atoms with Crippen molar-refractivity contribution in [1.29, 1.82) is 0 Å². The van der Waals surface area contributed by atoms with Gasteiger partial charge in [0, 0.05) is 60.4 Å². The number of hydrogen-bond acceptors (Lipinski definition) is 5. The summed E-state index contributed by atoms with van der Waals surface area (Å²) in [6, 6.07) is 8.66. The standard InChI is InChI=1S/C23H25N7OS/c1-28-11-16(10-24-28)22-19-8-15-12-30(23(31)25-20(15)9-21(19)26-27-22)17-4-2-6-29(13-17)14-18-5-3-7-32-18/h3,5,7-11,17H,2,4,6,12-14H2,1H3,(H,25,31)(H,26,27)/t17-/m1/s1. The quantitative estimate of drug-likeness (QED) is 0.495. The van der Waals surface area contributed by atoms with Gasteiger partial charge in [0.25, 0.3) is 0 Å². The Kier molecular flexibility index (Phi) is 4.73. The maximum absolute atomic E-state index is 13.0. The van der Waals surface area contributed by atoms with Crippen LogP contribution < -0.4 is 5.32 Å². The van der Waals surface area contributed by atoms with Gasteiger partial charge in [0.2, 0.25) is 0 Å². The van der Waals surface area contributed by atoms with E-state index in [1.165, 1.54) is 4.88 Å². The van der Waals surface area contributed by atoms with Crippen LogP contribution >= 0.6 is 11.3 Å². The summed E-state index contributed by atoms with van der Waals surface area (Å²) >= 11 is 1.80. The van der Waals surface area contributed by atoms with Gasteiger partial charge in [-0.3, -0.25) is 14.7 Å². The highest BCUT2D eigenvalue weighted by Gasteiger charge is 2.32. The van der Waals surface area contributed by atoms with Gasteiger partial charge < -0.3 is 10.2 Å². The van der Waals surface area contributed by atoms with Crippen LogP contribution in [0.3, 0.4) is 0 Å². The second kappa shape index (κ2) is 7.75. The van der Waals surface area contributed by atoms with Gasteiger partial charge in [-0.15, -0.1) is 11.3 Å². The lowest BCUT2D eigenvalue weighted by atomic mass is 10.00. The van der Waals surface area contributed by atoms with Gasteiger partial charge in [-0.05, 0) is 48.5 Å². The number of likely N-dealkylation sites (tertiary alicyclic amines) is 1. The summed E-state index contributed by atoms with van der Waals surface area (Å²) in [5.41, 5.74) is 4.77. The molecule has 8 nitrogen and oxygen atoms in total. The lowest BCUT2D eigenvalue weighted by molar-refractivity contribution is 0.109. The SMILES string of the molecule is Cn1cc(-c2n[nH]c3cc4c(cc23)CN([C@@H]2CCCN(Cc3cccs3)C2)C(=O)N4)cn1. The summed E-state index contributed by atoms with van der Waals surface area (Å²) in [6.45, 7) is 3.58. The lowest BCUT2D eigenvalue weighted by Crippen LogP contribution is -2.52. The molecule has 1 atom stereocenters. The Balaban J connectivity index is 1.26. The second-order valence-corrected chi connectivity index (χ2v) is 9.73. The molecule has 3 aromatic heterocycles. The minimum absolute atomic E-state index is 0.00757. The predicted molar refractivity (Wildman–Crippen MR) is 125 cm³/mol. The zero-order chi connectivity index (χ0) is 21.7. The molecule has 0 radical (unpaired) electrons. The third-order valence-corrected chi connectivity index (χ3v) is 7.35. The average molecular weight is 448 g/mol. The Hall–Kier alpha value is -3.17. The van der Waals surface area contributed by atoms with Gasteiger partial charge in [-0.2, -0.15) is 10.2 Å². The Labute approximate surface area is 189 Å². The topological polar surface area (TPSA) is 82.1 Å². The normalized spacial score (nSPS) is 19.3. The highest BCUT2D eigenvalue weighted by atomic mass is 32.1. The van der Waals surface area contributed by atoms with Crippen molar-refractivity contribution in [2.45, 2.75) is 32.0 Å². The molecule has 4 aromatic rings. The van der Waals surface area contributed by atoms with Crippen molar-refractivity contribution < 1.29 is 4.79 Å². The van der Waals surface area contributed by atoms with Crippen molar-refractivity contribution in [3.05, 3.63) is 52.5 Å². The average Bonchev–Trinajstić information content (AvgIpc) is 3.53. The number of hydrogen-bond donors (Lipinski definition) is 2. The predicted octanol–water partition coefficient (Wildman–Crippen LogP) is 4.04. The van der Waals surface area contributed by atoms with Gasteiger partial charge in [-0.1, -0.05) is 6.07 Å². The minimum Gasteiger partial charge on any atom is -0.316 e. The third kappa shape index (κ3) is 3.47. The number of amides is 2. The number of rotatable bonds is 4. The van der Waals surface area contributed by atoms with Crippen molar-refractivity contribution >= 4 is 34.0 Å². The molecule has 0 spiro atoms. The second-order valence-electron chi connectivity index (χ2n) is 8.70. The van der Waals surface area contributed by atoms with E-state index in [9.17, 15) is 4.79 Å². The Bertz CT molecular complexity index is 1270. The van der Waals surface area contributed by atoms with E-state index in [2.05, 4.69) is 49.1 Å². The molecule has 5 heterocycles. The first-order valence-corrected chi connectivity index (χ1v) is 11.8. The summed E-state index contributed by atoms with van der Waals surface area (Å²) in [5.74, 6) is 0. The minimum atomic E-state index is -0.00757. The molecule has 1 saturated heterocycles. The van der Waals surface area contributed by atoms with E-state index in [1.807, 2.05) is 30.4 Å². The van der Waals surface area contributed by atoms with Gasteiger partial charge in [0.05, 0.1) is 11.7 Å². The number of anilines is 1. The number of nitrogens with one attached hydrogen (secondary N) is 2. The van der Waals surface area contributed by atoms with E-state index in [0.29, 0.717) is 6.54 Å². The molecule has 0 unspecified atom stereocenters. The van der Waals surface area contributed by atoms with Crippen LogP contribution in [0.25, 0.3) is 22.2 Å². The number of piperidine rings is 1. The van der Waals surface area contributed by atoms with Crippen LogP contribution in [0.15, 0.2) is 42.0 Å². The molecule has 1 aromatic carbocycles. The van der Waals surface area contributed by atoms with Crippen LogP contribution in [0.2, 0.25) is 0 Å². The highest BCUT2D eigenvalue weighted by Crippen LogP contribution is 2.34. The molecule has 9 heteroatoms. The van der Waals surface area contributed by atoms with Gasteiger partial charge in [0.15, 0.2) is 0 Å². The smallest absolute Gasteiger partial charge is 0.316 e.